The maximum absolute atomic E-state index is 9.94. The van der Waals surface area contributed by atoms with E-state index >= 15 is 0 Å². The molecule has 1 N–H and O–H groups in total. The Hall–Kier alpha value is -0.710. The van der Waals surface area contributed by atoms with Gasteiger partial charge in [0.25, 0.3) is 0 Å². The number of thiazole rings is 1. The first-order valence-electron chi connectivity index (χ1n) is 4.36. The Morgan fingerprint density at radius 1 is 1.50 bits per heavy atom. The van der Waals surface area contributed by atoms with E-state index in [1.807, 2.05) is 17.7 Å². The van der Waals surface area contributed by atoms with Crippen molar-refractivity contribution in [3.8, 4) is 0 Å². The summed E-state index contributed by atoms with van der Waals surface area (Å²) in [6.45, 7) is 2.02. The van der Waals surface area contributed by atoms with Crippen LogP contribution in [0.25, 0.3) is 0 Å². The third kappa shape index (κ3) is 2.03. The second-order valence-corrected chi connectivity index (χ2v) is 4.88. The number of nitrogens with zero attached hydrogens (tertiary/aromatic N) is 1. The van der Waals surface area contributed by atoms with Crippen LogP contribution >= 0.6 is 22.7 Å². The zero-order valence-corrected chi connectivity index (χ0v) is 9.44. The van der Waals surface area contributed by atoms with E-state index in [4.69, 9.17) is 0 Å². The number of aliphatic hydroxyl groups is 1. The van der Waals surface area contributed by atoms with Gasteiger partial charge in [0.2, 0.25) is 0 Å². The molecule has 14 heavy (non-hydrogen) atoms. The number of aromatic nitrogens is 1. The second kappa shape index (κ2) is 4.21. The Balaban J connectivity index is 2.10. The van der Waals surface area contributed by atoms with Crippen molar-refractivity contribution in [2.75, 3.05) is 0 Å². The molecular formula is C10H11NOS2. The number of rotatable bonds is 3. The molecule has 2 aromatic rings. The van der Waals surface area contributed by atoms with Crippen molar-refractivity contribution in [1.29, 1.82) is 0 Å². The molecule has 0 saturated heterocycles. The van der Waals surface area contributed by atoms with Gasteiger partial charge in [0.15, 0.2) is 0 Å². The summed E-state index contributed by atoms with van der Waals surface area (Å²) in [5.41, 5.74) is 2.20. The summed E-state index contributed by atoms with van der Waals surface area (Å²) in [5, 5.41) is 16.9. The smallest absolute Gasteiger partial charge is 0.0954 e. The van der Waals surface area contributed by atoms with Gasteiger partial charge in [0.05, 0.1) is 11.1 Å². The minimum Gasteiger partial charge on any atom is -0.388 e. The van der Waals surface area contributed by atoms with Gasteiger partial charge in [-0.15, -0.1) is 11.3 Å². The SMILES string of the molecule is Cc1cscc1C(O)Cc1nccs1. The molecule has 0 aliphatic heterocycles. The topological polar surface area (TPSA) is 33.1 Å². The van der Waals surface area contributed by atoms with E-state index in [1.165, 1.54) is 5.56 Å². The molecule has 0 bridgehead atoms. The quantitative estimate of drug-likeness (QED) is 0.871. The summed E-state index contributed by atoms with van der Waals surface area (Å²) >= 11 is 3.22. The molecule has 2 nitrogen and oxygen atoms in total. The summed E-state index contributed by atoms with van der Waals surface area (Å²) in [6, 6.07) is 0. The average Bonchev–Trinajstić information content (AvgIpc) is 2.75. The highest BCUT2D eigenvalue weighted by molar-refractivity contribution is 7.09. The molecule has 0 aliphatic rings. The van der Waals surface area contributed by atoms with Crippen LogP contribution in [0.15, 0.2) is 22.3 Å². The van der Waals surface area contributed by atoms with E-state index in [2.05, 4.69) is 10.4 Å². The summed E-state index contributed by atoms with van der Waals surface area (Å²) in [4.78, 5) is 4.16. The third-order valence-corrected chi connectivity index (χ3v) is 3.79. The van der Waals surface area contributed by atoms with E-state index in [0.717, 1.165) is 10.6 Å². The van der Waals surface area contributed by atoms with Crippen LogP contribution in [0.1, 0.15) is 22.2 Å². The maximum Gasteiger partial charge on any atom is 0.0954 e. The molecule has 2 aromatic heterocycles. The summed E-state index contributed by atoms with van der Waals surface area (Å²) in [5.74, 6) is 0. The molecule has 2 rings (SSSR count). The van der Waals surface area contributed by atoms with Crippen LogP contribution in [0, 0.1) is 6.92 Å². The monoisotopic (exact) mass is 225 g/mol. The highest BCUT2D eigenvalue weighted by atomic mass is 32.1. The fraction of sp³-hybridized carbons (Fsp3) is 0.300. The predicted molar refractivity (Wildman–Crippen MR) is 59.8 cm³/mol. The lowest BCUT2D eigenvalue weighted by molar-refractivity contribution is 0.178. The largest absolute Gasteiger partial charge is 0.388 e. The van der Waals surface area contributed by atoms with Gasteiger partial charge in [-0.25, -0.2) is 4.98 Å². The van der Waals surface area contributed by atoms with Crippen LogP contribution in [-0.4, -0.2) is 10.1 Å². The maximum atomic E-state index is 9.94. The van der Waals surface area contributed by atoms with E-state index in [9.17, 15) is 5.11 Å². The molecule has 1 unspecified atom stereocenters. The Morgan fingerprint density at radius 3 is 2.93 bits per heavy atom. The Morgan fingerprint density at radius 2 is 2.36 bits per heavy atom. The molecule has 0 amide bonds. The van der Waals surface area contributed by atoms with Gasteiger partial charge in [-0.2, -0.15) is 11.3 Å². The van der Waals surface area contributed by atoms with Crippen LogP contribution in [0.5, 0.6) is 0 Å². The van der Waals surface area contributed by atoms with Crippen LogP contribution in [0.3, 0.4) is 0 Å². The first-order chi connectivity index (χ1) is 6.77. The molecule has 4 heteroatoms. The normalized spacial score (nSPS) is 13.0. The Bertz CT molecular complexity index is 394. The van der Waals surface area contributed by atoms with Gasteiger partial charge < -0.3 is 5.11 Å². The van der Waals surface area contributed by atoms with E-state index in [1.54, 1.807) is 28.9 Å². The molecule has 0 aliphatic carbocycles. The molecule has 0 fully saturated rings. The van der Waals surface area contributed by atoms with Gasteiger partial charge >= 0.3 is 0 Å². The average molecular weight is 225 g/mol. The highest BCUT2D eigenvalue weighted by Crippen LogP contribution is 2.25. The molecule has 1 atom stereocenters. The first-order valence-corrected chi connectivity index (χ1v) is 6.18. The van der Waals surface area contributed by atoms with Crippen LogP contribution in [-0.2, 0) is 6.42 Å². The number of aliphatic hydroxyl groups excluding tert-OH is 1. The second-order valence-electron chi connectivity index (χ2n) is 3.16. The summed E-state index contributed by atoms with van der Waals surface area (Å²) in [6.07, 6.45) is 1.98. The minimum atomic E-state index is -0.410. The molecule has 0 radical (unpaired) electrons. The lowest BCUT2D eigenvalue weighted by Gasteiger charge is -2.07. The molecule has 0 saturated carbocycles. The summed E-state index contributed by atoms with van der Waals surface area (Å²) in [7, 11) is 0. The highest BCUT2D eigenvalue weighted by Gasteiger charge is 2.12. The van der Waals surface area contributed by atoms with E-state index in [0.29, 0.717) is 6.42 Å². The van der Waals surface area contributed by atoms with E-state index in [-0.39, 0.29) is 0 Å². The lowest BCUT2D eigenvalue weighted by atomic mass is 10.1. The number of hydrogen-bond acceptors (Lipinski definition) is 4. The fourth-order valence-electron chi connectivity index (χ4n) is 1.34. The molecule has 74 valence electrons. The number of aryl methyl sites for hydroxylation is 1. The number of thiophene rings is 1. The zero-order valence-electron chi connectivity index (χ0n) is 7.80. The molecule has 0 aromatic carbocycles. The minimum absolute atomic E-state index is 0.410. The Labute approximate surface area is 90.9 Å². The molecular weight excluding hydrogens is 214 g/mol. The Kier molecular flexibility index (Phi) is 2.96. The zero-order chi connectivity index (χ0) is 9.97. The van der Waals surface area contributed by atoms with Gasteiger partial charge in [-0.05, 0) is 28.8 Å². The van der Waals surface area contributed by atoms with Crippen LogP contribution in [0.4, 0.5) is 0 Å². The molecule has 2 heterocycles. The summed E-state index contributed by atoms with van der Waals surface area (Å²) < 4.78 is 0. The van der Waals surface area contributed by atoms with Crippen LogP contribution < -0.4 is 0 Å². The third-order valence-electron chi connectivity index (χ3n) is 2.11. The van der Waals surface area contributed by atoms with Gasteiger partial charge in [-0.1, -0.05) is 0 Å². The van der Waals surface area contributed by atoms with Crippen molar-refractivity contribution in [3.05, 3.63) is 38.5 Å². The van der Waals surface area contributed by atoms with Gasteiger partial charge in [0.1, 0.15) is 0 Å². The van der Waals surface area contributed by atoms with Crippen LogP contribution in [0.2, 0.25) is 0 Å². The van der Waals surface area contributed by atoms with Crippen molar-refractivity contribution in [2.24, 2.45) is 0 Å². The first kappa shape index (κ1) is 9.83. The van der Waals surface area contributed by atoms with Crippen molar-refractivity contribution in [3.63, 3.8) is 0 Å². The fourth-order valence-corrected chi connectivity index (χ4v) is 2.89. The van der Waals surface area contributed by atoms with Crippen molar-refractivity contribution < 1.29 is 5.11 Å². The number of hydrogen-bond donors (Lipinski definition) is 1. The van der Waals surface area contributed by atoms with Gasteiger partial charge in [0, 0.05) is 18.0 Å². The predicted octanol–water partition coefficient (Wildman–Crippen LogP) is 2.79. The van der Waals surface area contributed by atoms with Gasteiger partial charge in [-0.3, -0.25) is 0 Å². The standard InChI is InChI=1S/C10H11NOS2/c1-7-5-13-6-8(7)9(12)4-10-11-2-3-14-10/h2-3,5-6,9,12H,4H2,1H3. The van der Waals surface area contributed by atoms with Crippen molar-refractivity contribution >= 4 is 22.7 Å². The van der Waals surface area contributed by atoms with Crippen molar-refractivity contribution in [1.82, 2.24) is 4.98 Å². The van der Waals surface area contributed by atoms with Crippen molar-refractivity contribution in [2.45, 2.75) is 19.4 Å². The van der Waals surface area contributed by atoms with E-state index < -0.39 is 6.10 Å². The molecule has 0 spiro atoms. The lowest BCUT2D eigenvalue weighted by Crippen LogP contribution is -2.01.